The molecule has 0 aromatic heterocycles. The van der Waals surface area contributed by atoms with Crippen molar-refractivity contribution in [3.05, 3.63) is 34.9 Å². The van der Waals surface area contributed by atoms with E-state index in [1.54, 1.807) is 0 Å². The van der Waals surface area contributed by atoms with Gasteiger partial charge in [-0.2, -0.15) is 0 Å². The average molecular weight is 391 g/mol. The Bertz CT molecular complexity index is 804. The van der Waals surface area contributed by atoms with Crippen molar-refractivity contribution in [3.8, 4) is 0 Å². The van der Waals surface area contributed by atoms with Crippen molar-refractivity contribution in [2.45, 2.75) is 70.3 Å². The van der Waals surface area contributed by atoms with E-state index in [-0.39, 0.29) is 22.3 Å². The van der Waals surface area contributed by atoms with Crippen molar-refractivity contribution in [2.24, 2.45) is 5.41 Å². The highest BCUT2D eigenvalue weighted by Gasteiger charge is 2.54. The lowest BCUT2D eigenvalue weighted by Gasteiger charge is -2.46. The van der Waals surface area contributed by atoms with Crippen molar-refractivity contribution in [3.63, 3.8) is 0 Å². The van der Waals surface area contributed by atoms with Crippen molar-refractivity contribution >= 4 is 17.1 Å². The Labute approximate surface area is 164 Å². The molecule has 27 heavy (non-hydrogen) atoms. The summed E-state index contributed by atoms with van der Waals surface area (Å²) in [5, 5.41) is 0. The molecule has 1 N–H and O–H groups in total. The second-order valence-electron chi connectivity index (χ2n) is 9.71. The minimum atomic E-state index is -1.12. The Hall–Kier alpha value is -1.40. The molecule has 0 radical (unpaired) electrons. The molecule has 1 amide bonds. The molecular weight excluding hydrogens is 360 g/mol. The summed E-state index contributed by atoms with van der Waals surface area (Å²) in [6, 6.07) is 6.56. The molecule has 4 rings (SSSR count). The summed E-state index contributed by atoms with van der Waals surface area (Å²) in [5.41, 5.74) is 3.50. The SMILES string of the molecule is CC(C)(C)OC(=O)N1CCC2(CC1)Cc1cccc3c1[C@H]2N[S@@](=O)C3(C)C. The number of carbonyl (C=O) groups is 1. The second-order valence-corrected chi connectivity index (χ2v) is 11.5. The number of fused-ring (bicyclic) bond motifs is 1. The van der Waals surface area contributed by atoms with E-state index in [1.165, 1.54) is 16.7 Å². The lowest BCUT2D eigenvalue weighted by atomic mass is 9.72. The molecule has 0 unspecified atom stereocenters. The summed E-state index contributed by atoms with van der Waals surface area (Å²) >= 11 is 0. The highest BCUT2D eigenvalue weighted by atomic mass is 32.2. The number of hydrogen-bond donors (Lipinski definition) is 1. The third-order valence-corrected chi connectivity index (χ3v) is 7.98. The van der Waals surface area contributed by atoms with Crippen LogP contribution in [0.2, 0.25) is 0 Å². The van der Waals surface area contributed by atoms with Gasteiger partial charge in [0, 0.05) is 13.1 Å². The molecule has 3 aliphatic rings. The van der Waals surface area contributed by atoms with Gasteiger partial charge in [0.25, 0.3) is 0 Å². The monoisotopic (exact) mass is 390 g/mol. The fourth-order valence-corrected chi connectivity index (χ4v) is 6.14. The molecule has 5 nitrogen and oxygen atoms in total. The highest BCUT2D eigenvalue weighted by molar-refractivity contribution is 7.84. The van der Waals surface area contributed by atoms with Gasteiger partial charge in [-0.3, -0.25) is 0 Å². The number of nitrogens with one attached hydrogen (secondary N) is 1. The molecule has 2 atom stereocenters. The average Bonchev–Trinajstić information content (AvgIpc) is 2.86. The first-order valence-electron chi connectivity index (χ1n) is 9.82. The molecule has 1 fully saturated rings. The zero-order valence-electron chi connectivity index (χ0n) is 16.9. The fourth-order valence-electron chi connectivity index (χ4n) is 4.89. The van der Waals surface area contributed by atoms with Crippen molar-refractivity contribution < 1.29 is 13.7 Å². The first kappa shape index (κ1) is 18.9. The Balaban J connectivity index is 1.58. The lowest BCUT2D eigenvalue weighted by molar-refractivity contribution is 0.00710. The van der Waals surface area contributed by atoms with Crippen LogP contribution >= 0.6 is 0 Å². The highest BCUT2D eigenvalue weighted by Crippen LogP contribution is 2.56. The first-order chi connectivity index (χ1) is 12.5. The van der Waals surface area contributed by atoms with E-state index < -0.39 is 16.6 Å². The number of hydrogen-bond acceptors (Lipinski definition) is 3. The van der Waals surface area contributed by atoms with Gasteiger partial charge in [-0.05, 0) is 76.0 Å². The van der Waals surface area contributed by atoms with Gasteiger partial charge in [-0.1, -0.05) is 18.2 Å². The zero-order chi connectivity index (χ0) is 19.6. The molecule has 2 aliphatic heterocycles. The second kappa shape index (κ2) is 6.05. The maximum Gasteiger partial charge on any atom is 0.410 e. The van der Waals surface area contributed by atoms with Crippen LogP contribution < -0.4 is 4.72 Å². The van der Waals surface area contributed by atoms with Gasteiger partial charge in [0.15, 0.2) is 0 Å². The van der Waals surface area contributed by atoms with Gasteiger partial charge < -0.3 is 9.64 Å². The molecule has 1 spiro atoms. The number of likely N-dealkylation sites (tertiary alicyclic amines) is 1. The molecule has 2 heterocycles. The van der Waals surface area contributed by atoms with Crippen molar-refractivity contribution in [2.75, 3.05) is 13.1 Å². The predicted octanol–water partition coefficient (Wildman–Crippen LogP) is 3.80. The van der Waals surface area contributed by atoms with E-state index in [2.05, 4.69) is 36.8 Å². The molecule has 0 saturated carbocycles. The molecule has 1 saturated heterocycles. The quantitative estimate of drug-likeness (QED) is 0.733. The number of piperidine rings is 1. The number of amides is 1. The van der Waals surface area contributed by atoms with Crippen LogP contribution in [0.4, 0.5) is 4.79 Å². The largest absolute Gasteiger partial charge is 0.444 e. The van der Waals surface area contributed by atoms with Crippen LogP contribution in [0.5, 0.6) is 0 Å². The fraction of sp³-hybridized carbons (Fsp3) is 0.667. The Morgan fingerprint density at radius 3 is 2.56 bits per heavy atom. The molecule has 1 aliphatic carbocycles. The zero-order valence-corrected chi connectivity index (χ0v) is 17.7. The van der Waals surface area contributed by atoms with Gasteiger partial charge in [0.05, 0.1) is 10.8 Å². The minimum absolute atomic E-state index is 0.0309. The van der Waals surface area contributed by atoms with E-state index in [9.17, 15) is 9.00 Å². The van der Waals surface area contributed by atoms with Gasteiger partial charge in [-0.15, -0.1) is 0 Å². The van der Waals surface area contributed by atoms with Gasteiger partial charge >= 0.3 is 6.09 Å². The normalized spacial score (nSPS) is 28.1. The van der Waals surface area contributed by atoms with E-state index in [0.717, 1.165) is 19.3 Å². The Kier molecular flexibility index (Phi) is 4.24. The van der Waals surface area contributed by atoms with Gasteiger partial charge in [0.1, 0.15) is 16.6 Å². The van der Waals surface area contributed by atoms with Crippen molar-refractivity contribution in [1.82, 2.24) is 9.62 Å². The van der Waals surface area contributed by atoms with Crippen LogP contribution in [-0.2, 0) is 26.9 Å². The summed E-state index contributed by atoms with van der Waals surface area (Å²) in [6.45, 7) is 11.2. The Morgan fingerprint density at radius 2 is 1.93 bits per heavy atom. The number of benzene rings is 1. The summed E-state index contributed by atoms with van der Waals surface area (Å²) < 4.78 is 21.5. The maximum absolute atomic E-state index is 12.9. The van der Waals surface area contributed by atoms with E-state index in [0.29, 0.717) is 13.1 Å². The smallest absolute Gasteiger partial charge is 0.410 e. The van der Waals surface area contributed by atoms with Crippen LogP contribution in [0.15, 0.2) is 18.2 Å². The third-order valence-electron chi connectivity index (χ3n) is 6.39. The van der Waals surface area contributed by atoms with E-state index in [1.807, 2.05) is 25.7 Å². The van der Waals surface area contributed by atoms with Crippen LogP contribution in [0, 0.1) is 5.41 Å². The molecule has 1 aromatic rings. The van der Waals surface area contributed by atoms with Crippen LogP contribution in [0.1, 0.15) is 70.2 Å². The van der Waals surface area contributed by atoms with Gasteiger partial charge in [-0.25, -0.2) is 13.7 Å². The predicted molar refractivity (Wildman–Crippen MR) is 107 cm³/mol. The summed E-state index contributed by atoms with van der Waals surface area (Å²) in [6.07, 6.45) is 2.56. The lowest BCUT2D eigenvalue weighted by Crippen LogP contribution is -2.51. The van der Waals surface area contributed by atoms with Crippen molar-refractivity contribution in [1.29, 1.82) is 0 Å². The summed E-state index contributed by atoms with van der Waals surface area (Å²) in [4.78, 5) is 14.3. The van der Waals surface area contributed by atoms with E-state index in [4.69, 9.17) is 4.74 Å². The third kappa shape index (κ3) is 3.01. The maximum atomic E-state index is 12.9. The molecule has 6 heteroatoms. The van der Waals surface area contributed by atoms with Gasteiger partial charge in [0.2, 0.25) is 0 Å². The number of rotatable bonds is 0. The Morgan fingerprint density at radius 1 is 1.26 bits per heavy atom. The van der Waals surface area contributed by atoms with E-state index >= 15 is 0 Å². The molecule has 1 aromatic carbocycles. The molecule has 148 valence electrons. The van der Waals surface area contributed by atoms with Crippen LogP contribution in [0.25, 0.3) is 0 Å². The van der Waals surface area contributed by atoms with Crippen LogP contribution in [-0.4, -0.2) is 33.9 Å². The summed E-state index contributed by atoms with van der Waals surface area (Å²) in [7, 11) is -1.12. The van der Waals surface area contributed by atoms with Crippen LogP contribution in [0.3, 0.4) is 0 Å². The minimum Gasteiger partial charge on any atom is -0.444 e. The number of nitrogens with zero attached hydrogens (tertiary/aromatic N) is 1. The topological polar surface area (TPSA) is 58.6 Å². The summed E-state index contributed by atoms with van der Waals surface area (Å²) in [5.74, 6) is 0. The molecule has 0 bridgehead atoms. The number of carbonyl (C=O) groups excluding carboxylic acids is 1. The first-order valence-corrected chi connectivity index (χ1v) is 11.0. The standard InChI is InChI=1S/C21H30N2O3S/c1-19(2,3)26-18(24)23-11-9-21(10-12-23)13-14-7-6-8-15-16(14)17(21)22-27(25)20(15,4)5/h6-8,17,22H,9-13H2,1-5H3/t17-,27+/m1/s1. The number of ether oxygens (including phenoxy) is 1. The molecular formula is C21H30N2O3S.